The quantitative estimate of drug-likeness (QED) is 0.723. The van der Waals surface area contributed by atoms with Gasteiger partial charge in [0.05, 0.1) is 5.60 Å². The molecule has 2 fully saturated rings. The fourth-order valence-electron chi connectivity index (χ4n) is 3.16. The molecule has 0 aromatic carbocycles. The van der Waals surface area contributed by atoms with Gasteiger partial charge in [0.15, 0.2) is 0 Å². The Morgan fingerprint density at radius 2 is 1.89 bits per heavy atom. The van der Waals surface area contributed by atoms with E-state index in [4.69, 9.17) is 0 Å². The zero-order valence-corrected chi connectivity index (χ0v) is 12.1. The van der Waals surface area contributed by atoms with Crippen LogP contribution in [0.15, 0.2) is 0 Å². The van der Waals surface area contributed by atoms with Crippen molar-refractivity contribution in [1.29, 1.82) is 0 Å². The Morgan fingerprint density at radius 3 is 2.53 bits per heavy atom. The molecule has 1 amide bonds. The van der Waals surface area contributed by atoms with Crippen LogP contribution >= 0.6 is 0 Å². The maximum atomic E-state index is 11.9. The van der Waals surface area contributed by atoms with E-state index in [2.05, 4.69) is 17.6 Å². The Labute approximate surface area is 116 Å². The molecule has 19 heavy (non-hydrogen) atoms. The van der Waals surface area contributed by atoms with Gasteiger partial charge in [-0.2, -0.15) is 0 Å². The Morgan fingerprint density at radius 1 is 1.26 bits per heavy atom. The third-order valence-electron chi connectivity index (χ3n) is 4.75. The molecule has 110 valence electrons. The molecule has 1 aliphatic carbocycles. The van der Waals surface area contributed by atoms with Gasteiger partial charge in [-0.05, 0) is 63.5 Å². The molecule has 0 atom stereocenters. The number of hydrogen-bond acceptors (Lipinski definition) is 3. The molecule has 1 heterocycles. The predicted octanol–water partition coefficient (Wildman–Crippen LogP) is 1.43. The van der Waals surface area contributed by atoms with E-state index in [-0.39, 0.29) is 5.91 Å². The average molecular weight is 268 g/mol. The smallest absolute Gasteiger partial charge is 0.220 e. The van der Waals surface area contributed by atoms with Crippen molar-refractivity contribution in [2.75, 3.05) is 19.6 Å². The summed E-state index contributed by atoms with van der Waals surface area (Å²) in [6.45, 7) is 4.72. The number of carbonyl (C=O) groups excluding carboxylic acids is 1. The van der Waals surface area contributed by atoms with Crippen molar-refractivity contribution in [3.63, 3.8) is 0 Å². The number of rotatable bonds is 4. The number of aliphatic hydroxyl groups is 1. The molecule has 0 unspecified atom stereocenters. The maximum absolute atomic E-state index is 11.9. The number of hydrogen-bond donors (Lipinski definition) is 3. The van der Waals surface area contributed by atoms with Crippen molar-refractivity contribution in [3.8, 4) is 0 Å². The second kappa shape index (κ2) is 6.71. The molecule has 0 aromatic heterocycles. The number of piperidine rings is 1. The Balaban J connectivity index is 1.67. The fraction of sp³-hybridized carbons (Fsp3) is 0.933. The van der Waals surface area contributed by atoms with Crippen molar-refractivity contribution < 1.29 is 9.90 Å². The van der Waals surface area contributed by atoms with Crippen LogP contribution in [0.25, 0.3) is 0 Å². The first-order valence-corrected chi connectivity index (χ1v) is 7.77. The highest BCUT2D eigenvalue weighted by Gasteiger charge is 2.32. The van der Waals surface area contributed by atoms with Crippen molar-refractivity contribution >= 4 is 5.91 Å². The van der Waals surface area contributed by atoms with E-state index in [0.717, 1.165) is 51.6 Å². The molecule has 2 rings (SSSR count). The molecule has 4 heteroatoms. The normalized spacial score (nSPS) is 33.1. The molecule has 1 saturated carbocycles. The second-order valence-corrected chi connectivity index (χ2v) is 6.58. The highest BCUT2D eigenvalue weighted by Crippen LogP contribution is 2.31. The highest BCUT2D eigenvalue weighted by molar-refractivity contribution is 5.76. The minimum Gasteiger partial charge on any atom is -0.388 e. The van der Waals surface area contributed by atoms with Gasteiger partial charge >= 0.3 is 0 Å². The lowest BCUT2D eigenvalue weighted by Gasteiger charge is -2.35. The Kier molecular flexibility index (Phi) is 5.22. The summed E-state index contributed by atoms with van der Waals surface area (Å²) in [4.78, 5) is 11.9. The summed E-state index contributed by atoms with van der Waals surface area (Å²) >= 11 is 0. The highest BCUT2D eigenvalue weighted by atomic mass is 16.3. The molecule has 3 N–H and O–H groups in total. The minimum atomic E-state index is -0.656. The molecule has 1 saturated heterocycles. The molecular formula is C15H28N2O2. The van der Waals surface area contributed by atoms with Gasteiger partial charge in [-0.3, -0.25) is 4.79 Å². The van der Waals surface area contributed by atoms with E-state index in [1.165, 1.54) is 0 Å². The summed E-state index contributed by atoms with van der Waals surface area (Å²) in [5.74, 6) is 1.34. The van der Waals surface area contributed by atoms with E-state index >= 15 is 0 Å². The minimum absolute atomic E-state index is 0.110. The van der Waals surface area contributed by atoms with E-state index < -0.39 is 5.60 Å². The molecule has 1 aliphatic heterocycles. The van der Waals surface area contributed by atoms with Crippen molar-refractivity contribution in [1.82, 2.24) is 10.6 Å². The van der Waals surface area contributed by atoms with Crippen LogP contribution in [0.1, 0.15) is 51.9 Å². The average Bonchev–Trinajstić information content (AvgIpc) is 2.42. The number of nitrogens with one attached hydrogen (secondary N) is 2. The van der Waals surface area contributed by atoms with Gasteiger partial charge in [-0.1, -0.05) is 6.92 Å². The van der Waals surface area contributed by atoms with E-state index in [9.17, 15) is 9.90 Å². The molecule has 4 nitrogen and oxygen atoms in total. The van der Waals surface area contributed by atoms with Crippen LogP contribution in [0, 0.1) is 11.8 Å². The van der Waals surface area contributed by atoms with Crippen LogP contribution in [-0.2, 0) is 4.79 Å². The van der Waals surface area contributed by atoms with Crippen molar-refractivity contribution in [2.24, 2.45) is 11.8 Å². The third kappa shape index (κ3) is 4.77. The summed E-state index contributed by atoms with van der Waals surface area (Å²) in [5, 5.41) is 16.7. The topological polar surface area (TPSA) is 61.4 Å². The largest absolute Gasteiger partial charge is 0.388 e. The molecule has 2 aliphatic rings. The molecule has 0 radical (unpaired) electrons. The lowest BCUT2D eigenvalue weighted by Crippen LogP contribution is -2.45. The van der Waals surface area contributed by atoms with Gasteiger partial charge < -0.3 is 15.7 Å². The maximum Gasteiger partial charge on any atom is 0.220 e. The van der Waals surface area contributed by atoms with Crippen LogP contribution < -0.4 is 10.6 Å². The van der Waals surface area contributed by atoms with Gasteiger partial charge in [0.25, 0.3) is 0 Å². The van der Waals surface area contributed by atoms with Gasteiger partial charge in [0.1, 0.15) is 0 Å². The Hall–Kier alpha value is -0.610. The van der Waals surface area contributed by atoms with E-state index in [0.29, 0.717) is 24.8 Å². The molecular weight excluding hydrogens is 240 g/mol. The summed E-state index contributed by atoms with van der Waals surface area (Å²) in [5.41, 5.74) is -0.656. The van der Waals surface area contributed by atoms with Gasteiger partial charge in [-0.15, -0.1) is 0 Å². The molecule has 0 aromatic rings. The van der Waals surface area contributed by atoms with Gasteiger partial charge in [0, 0.05) is 13.0 Å². The predicted molar refractivity (Wildman–Crippen MR) is 75.8 cm³/mol. The monoisotopic (exact) mass is 268 g/mol. The Bertz CT molecular complexity index is 293. The SMILES string of the molecule is CC1CCC(O)(CNC(=O)CC2CCNCC2)CC1. The van der Waals surface area contributed by atoms with Crippen LogP contribution in [-0.4, -0.2) is 36.2 Å². The van der Waals surface area contributed by atoms with Crippen LogP contribution in [0.2, 0.25) is 0 Å². The summed E-state index contributed by atoms with van der Waals surface area (Å²) in [6.07, 6.45) is 6.59. The first-order valence-electron chi connectivity index (χ1n) is 7.77. The van der Waals surface area contributed by atoms with E-state index in [1.807, 2.05) is 0 Å². The first kappa shape index (κ1) is 14.8. The lowest BCUT2D eigenvalue weighted by atomic mass is 9.79. The first-order chi connectivity index (χ1) is 9.07. The van der Waals surface area contributed by atoms with Crippen molar-refractivity contribution in [3.05, 3.63) is 0 Å². The summed E-state index contributed by atoms with van der Waals surface area (Å²) in [6, 6.07) is 0. The molecule has 0 bridgehead atoms. The van der Waals surface area contributed by atoms with Crippen LogP contribution in [0.3, 0.4) is 0 Å². The third-order valence-corrected chi connectivity index (χ3v) is 4.75. The van der Waals surface area contributed by atoms with Crippen LogP contribution in [0.5, 0.6) is 0 Å². The summed E-state index contributed by atoms with van der Waals surface area (Å²) < 4.78 is 0. The molecule has 0 spiro atoms. The fourth-order valence-corrected chi connectivity index (χ4v) is 3.16. The van der Waals surface area contributed by atoms with Crippen LogP contribution in [0.4, 0.5) is 0 Å². The van der Waals surface area contributed by atoms with Crippen molar-refractivity contribution in [2.45, 2.75) is 57.5 Å². The van der Waals surface area contributed by atoms with Gasteiger partial charge in [-0.25, -0.2) is 0 Å². The number of amides is 1. The lowest BCUT2D eigenvalue weighted by molar-refractivity contribution is -0.124. The van der Waals surface area contributed by atoms with E-state index in [1.54, 1.807) is 0 Å². The zero-order chi connectivity index (χ0) is 13.7. The van der Waals surface area contributed by atoms with Gasteiger partial charge in [0.2, 0.25) is 5.91 Å². The summed E-state index contributed by atoms with van der Waals surface area (Å²) in [7, 11) is 0. The number of carbonyl (C=O) groups is 1. The zero-order valence-electron chi connectivity index (χ0n) is 12.1. The second-order valence-electron chi connectivity index (χ2n) is 6.58. The standard InChI is InChI=1S/C15H28N2O2/c1-12-2-6-15(19,7-3-12)11-17-14(18)10-13-4-8-16-9-5-13/h12-13,16,19H,2-11H2,1H3,(H,17,18).